The highest BCUT2D eigenvalue weighted by Gasteiger charge is 2.30. The molecular weight excluding hydrogens is 408 g/mol. The molecule has 0 saturated carbocycles. The van der Waals surface area contributed by atoms with Crippen molar-refractivity contribution < 1.29 is 14.3 Å². The molecule has 0 unspecified atom stereocenters. The molecule has 9 heteroatoms. The Morgan fingerprint density at radius 2 is 1.97 bits per heavy atom. The van der Waals surface area contributed by atoms with Gasteiger partial charge in [-0.3, -0.25) is 14.5 Å². The van der Waals surface area contributed by atoms with E-state index in [9.17, 15) is 9.59 Å². The monoisotopic (exact) mass is 438 g/mol. The van der Waals surface area contributed by atoms with Crippen LogP contribution in [0.4, 0.5) is 11.5 Å². The predicted octanol–water partition coefficient (Wildman–Crippen LogP) is 1.86. The minimum absolute atomic E-state index is 0.0605. The quantitative estimate of drug-likeness (QED) is 0.710. The Balaban J connectivity index is 1.43. The zero-order chi connectivity index (χ0) is 22.7. The molecule has 2 aromatic rings. The van der Waals surface area contributed by atoms with Gasteiger partial charge in [-0.25, -0.2) is 9.97 Å². The number of hydrogen-bond donors (Lipinski definition) is 2. The minimum Gasteiger partial charge on any atom is -0.497 e. The van der Waals surface area contributed by atoms with E-state index in [1.165, 1.54) is 0 Å². The molecule has 0 aliphatic carbocycles. The Labute approximate surface area is 188 Å². The van der Waals surface area contributed by atoms with E-state index in [0.29, 0.717) is 19.6 Å². The summed E-state index contributed by atoms with van der Waals surface area (Å²) >= 11 is 0. The highest BCUT2D eigenvalue weighted by molar-refractivity contribution is 5.92. The predicted molar refractivity (Wildman–Crippen MR) is 122 cm³/mol. The summed E-state index contributed by atoms with van der Waals surface area (Å²) in [4.78, 5) is 37.9. The van der Waals surface area contributed by atoms with Crippen LogP contribution in [-0.2, 0) is 22.6 Å². The first-order valence-electron chi connectivity index (χ1n) is 11.0. The van der Waals surface area contributed by atoms with Crippen molar-refractivity contribution in [3.63, 3.8) is 0 Å². The molecule has 1 saturated heterocycles. The lowest BCUT2D eigenvalue weighted by Gasteiger charge is -2.29. The number of hydrogen-bond acceptors (Lipinski definition) is 7. The second-order valence-electron chi connectivity index (χ2n) is 8.29. The molecule has 9 nitrogen and oxygen atoms in total. The number of fused-ring (bicyclic) bond motifs is 1. The van der Waals surface area contributed by atoms with Crippen molar-refractivity contribution in [2.75, 3.05) is 51.0 Å². The molecule has 170 valence electrons. The lowest BCUT2D eigenvalue weighted by atomic mass is 10.0. The molecule has 1 fully saturated rings. The van der Waals surface area contributed by atoms with E-state index in [-0.39, 0.29) is 17.7 Å². The molecule has 0 radical (unpaired) electrons. The first-order valence-corrected chi connectivity index (χ1v) is 11.0. The van der Waals surface area contributed by atoms with Crippen molar-refractivity contribution in [3.8, 4) is 5.75 Å². The number of nitrogens with one attached hydrogen (secondary N) is 2. The molecule has 1 atom stereocenters. The van der Waals surface area contributed by atoms with Crippen molar-refractivity contribution in [2.24, 2.45) is 0 Å². The van der Waals surface area contributed by atoms with E-state index in [4.69, 9.17) is 14.7 Å². The summed E-state index contributed by atoms with van der Waals surface area (Å²) in [6, 6.07) is 7.29. The maximum Gasteiger partial charge on any atom is 0.238 e. The summed E-state index contributed by atoms with van der Waals surface area (Å²) in [7, 11) is 3.49. The highest BCUT2D eigenvalue weighted by Crippen LogP contribution is 2.30. The van der Waals surface area contributed by atoms with Gasteiger partial charge in [0.1, 0.15) is 17.4 Å². The maximum atomic E-state index is 12.6. The van der Waals surface area contributed by atoms with Crippen LogP contribution in [0.2, 0.25) is 0 Å². The molecule has 2 N–H and O–H groups in total. The molecule has 1 aromatic heterocycles. The zero-order valence-corrected chi connectivity index (χ0v) is 18.9. The summed E-state index contributed by atoms with van der Waals surface area (Å²) in [6.45, 7) is 4.66. The van der Waals surface area contributed by atoms with Crippen LogP contribution >= 0.6 is 0 Å². The second-order valence-corrected chi connectivity index (χ2v) is 8.29. The van der Waals surface area contributed by atoms with E-state index in [2.05, 4.69) is 15.5 Å². The fourth-order valence-electron chi connectivity index (χ4n) is 4.36. The van der Waals surface area contributed by atoms with Gasteiger partial charge in [0.2, 0.25) is 11.8 Å². The van der Waals surface area contributed by atoms with Crippen LogP contribution in [0.15, 0.2) is 24.3 Å². The van der Waals surface area contributed by atoms with E-state index in [1.54, 1.807) is 14.0 Å². The Kier molecular flexibility index (Phi) is 6.55. The van der Waals surface area contributed by atoms with Crippen molar-refractivity contribution in [1.29, 1.82) is 0 Å². The van der Waals surface area contributed by atoms with Gasteiger partial charge in [0, 0.05) is 57.3 Å². The number of ether oxygens (including phenoxy) is 1. The second kappa shape index (κ2) is 9.52. The normalized spacial score (nSPS) is 18.2. The third kappa shape index (κ3) is 4.83. The maximum absolute atomic E-state index is 12.6. The van der Waals surface area contributed by atoms with E-state index in [1.807, 2.05) is 36.2 Å². The standard InChI is InChI=1S/C23H30N6O3/c1-15(30)29-11-8-16(12-29)22-26-20-13-28(10-9-19(20)23(24-2)27-22)14-21(31)25-17-4-6-18(32-3)7-5-17/h4-7,16H,8-14H2,1-3H3,(H,25,31)(H,24,26,27)/t16-/m0/s1. The van der Waals surface area contributed by atoms with Crippen LogP contribution in [0.3, 0.4) is 0 Å². The summed E-state index contributed by atoms with van der Waals surface area (Å²) < 4.78 is 5.15. The number of carbonyl (C=O) groups excluding carboxylic acids is 2. The van der Waals surface area contributed by atoms with Crippen molar-refractivity contribution >= 4 is 23.3 Å². The van der Waals surface area contributed by atoms with Crippen LogP contribution in [0.1, 0.15) is 36.3 Å². The number of anilines is 2. The number of likely N-dealkylation sites (tertiary alicyclic amines) is 1. The van der Waals surface area contributed by atoms with Gasteiger partial charge in [-0.1, -0.05) is 0 Å². The minimum atomic E-state index is -0.0605. The average molecular weight is 439 g/mol. The Morgan fingerprint density at radius 1 is 1.19 bits per heavy atom. The van der Waals surface area contributed by atoms with Crippen molar-refractivity contribution in [3.05, 3.63) is 41.3 Å². The number of aromatic nitrogens is 2. The number of carbonyl (C=O) groups is 2. The van der Waals surface area contributed by atoms with Crippen LogP contribution in [-0.4, -0.2) is 71.9 Å². The third-order valence-corrected chi connectivity index (χ3v) is 6.14. The van der Waals surface area contributed by atoms with Crippen LogP contribution in [0, 0.1) is 0 Å². The number of nitrogens with zero attached hydrogens (tertiary/aromatic N) is 4. The zero-order valence-electron chi connectivity index (χ0n) is 18.9. The molecular formula is C23H30N6O3. The van der Waals surface area contributed by atoms with Gasteiger partial charge in [-0.05, 0) is 37.1 Å². The SMILES string of the molecule is CNc1nc([C@H]2CCN(C(C)=O)C2)nc2c1CCN(CC(=O)Nc1ccc(OC)cc1)C2. The Bertz CT molecular complexity index is 994. The molecule has 2 amide bonds. The number of amides is 2. The third-order valence-electron chi connectivity index (χ3n) is 6.14. The van der Waals surface area contributed by atoms with Crippen molar-refractivity contribution in [1.82, 2.24) is 19.8 Å². The lowest BCUT2D eigenvalue weighted by Crippen LogP contribution is -2.38. The van der Waals surface area contributed by atoms with Gasteiger partial charge in [-0.2, -0.15) is 0 Å². The lowest BCUT2D eigenvalue weighted by molar-refractivity contribution is -0.127. The summed E-state index contributed by atoms with van der Waals surface area (Å²) in [6.07, 6.45) is 1.65. The van der Waals surface area contributed by atoms with Crippen LogP contribution < -0.4 is 15.4 Å². The Hall–Kier alpha value is -3.20. The molecule has 0 spiro atoms. The summed E-state index contributed by atoms with van der Waals surface area (Å²) in [5, 5.41) is 6.15. The average Bonchev–Trinajstić information content (AvgIpc) is 3.29. The Morgan fingerprint density at radius 3 is 2.62 bits per heavy atom. The molecule has 4 rings (SSSR count). The first kappa shape index (κ1) is 22.0. The van der Waals surface area contributed by atoms with Gasteiger partial charge < -0.3 is 20.3 Å². The molecule has 2 aliphatic rings. The summed E-state index contributed by atoms with van der Waals surface area (Å²) in [5.74, 6) is 2.56. The van der Waals surface area contributed by atoms with Gasteiger partial charge in [0.05, 0.1) is 19.3 Å². The number of benzene rings is 1. The molecule has 2 aliphatic heterocycles. The van der Waals surface area contributed by atoms with Gasteiger partial charge in [0.15, 0.2) is 0 Å². The largest absolute Gasteiger partial charge is 0.497 e. The highest BCUT2D eigenvalue weighted by atomic mass is 16.5. The fourth-order valence-corrected chi connectivity index (χ4v) is 4.36. The molecule has 32 heavy (non-hydrogen) atoms. The summed E-state index contributed by atoms with van der Waals surface area (Å²) in [5.41, 5.74) is 2.82. The number of rotatable bonds is 6. The van der Waals surface area contributed by atoms with E-state index in [0.717, 1.165) is 60.3 Å². The number of methoxy groups -OCH3 is 1. The van der Waals surface area contributed by atoms with Gasteiger partial charge >= 0.3 is 0 Å². The fraction of sp³-hybridized carbons (Fsp3) is 0.478. The first-order chi connectivity index (χ1) is 15.5. The van der Waals surface area contributed by atoms with Crippen molar-refractivity contribution in [2.45, 2.75) is 32.2 Å². The van der Waals surface area contributed by atoms with E-state index < -0.39 is 0 Å². The van der Waals surface area contributed by atoms with Gasteiger partial charge in [-0.15, -0.1) is 0 Å². The molecule has 3 heterocycles. The van der Waals surface area contributed by atoms with Crippen LogP contribution in [0.5, 0.6) is 5.75 Å². The van der Waals surface area contributed by atoms with E-state index >= 15 is 0 Å². The molecule has 1 aromatic carbocycles. The van der Waals surface area contributed by atoms with Gasteiger partial charge in [0.25, 0.3) is 0 Å². The van der Waals surface area contributed by atoms with Crippen LogP contribution in [0.25, 0.3) is 0 Å². The smallest absolute Gasteiger partial charge is 0.238 e. The topological polar surface area (TPSA) is 99.7 Å². The molecule has 0 bridgehead atoms.